The van der Waals surface area contributed by atoms with Crippen LogP contribution in [-0.2, 0) is 14.3 Å². The van der Waals surface area contributed by atoms with E-state index in [1.807, 2.05) is 0 Å². The van der Waals surface area contributed by atoms with Crippen LogP contribution in [0.5, 0.6) is 0 Å². The number of ether oxygens (including phenoxy) is 2. The van der Waals surface area contributed by atoms with Crippen molar-refractivity contribution in [1.29, 1.82) is 0 Å². The summed E-state index contributed by atoms with van der Waals surface area (Å²) >= 11 is 0. The van der Waals surface area contributed by atoms with Crippen molar-refractivity contribution in [1.82, 2.24) is 5.32 Å². The molecule has 2 aliphatic rings. The number of alkyl carbamates (subject to hydrolysis) is 1. The van der Waals surface area contributed by atoms with Gasteiger partial charge in [0.25, 0.3) is 0 Å². The van der Waals surface area contributed by atoms with Gasteiger partial charge in [0, 0.05) is 0 Å². The second-order valence-corrected chi connectivity index (χ2v) is 6.88. The molecule has 1 amide bonds. The average Bonchev–Trinajstić information content (AvgIpc) is 2.77. The van der Waals surface area contributed by atoms with Crippen molar-refractivity contribution in [3.63, 3.8) is 0 Å². The second-order valence-electron chi connectivity index (χ2n) is 6.88. The fourth-order valence-corrected chi connectivity index (χ4v) is 3.40. The zero-order valence-corrected chi connectivity index (χ0v) is 12.8. The lowest BCUT2D eigenvalue weighted by molar-refractivity contribution is -0.143. The number of rotatable bonds is 4. The van der Waals surface area contributed by atoms with Crippen LogP contribution in [0.1, 0.15) is 46.5 Å². The minimum atomic E-state index is -0.592. The Balaban J connectivity index is 1.87. The van der Waals surface area contributed by atoms with Gasteiger partial charge in [0.05, 0.1) is 7.11 Å². The molecule has 5 nitrogen and oxygen atoms in total. The van der Waals surface area contributed by atoms with Crippen molar-refractivity contribution < 1.29 is 19.1 Å². The minimum Gasteiger partial charge on any atom is -0.467 e. The summed E-state index contributed by atoms with van der Waals surface area (Å²) in [4.78, 5) is 23.6. The molecule has 0 aliphatic heterocycles. The van der Waals surface area contributed by atoms with E-state index in [-0.39, 0.29) is 5.97 Å². The monoisotopic (exact) mass is 283 g/mol. The van der Waals surface area contributed by atoms with Gasteiger partial charge in [-0.15, -0.1) is 0 Å². The molecule has 2 fully saturated rings. The Kier molecular flexibility index (Phi) is 4.25. The molecular formula is C15H25NO4. The van der Waals surface area contributed by atoms with E-state index >= 15 is 0 Å². The minimum absolute atomic E-state index is 0.388. The lowest BCUT2D eigenvalue weighted by Crippen LogP contribution is -2.44. The molecule has 2 rings (SSSR count). The van der Waals surface area contributed by atoms with Crippen molar-refractivity contribution >= 4 is 12.1 Å². The van der Waals surface area contributed by atoms with Crippen molar-refractivity contribution in [3.8, 4) is 0 Å². The van der Waals surface area contributed by atoms with Gasteiger partial charge in [-0.25, -0.2) is 9.59 Å². The maximum atomic E-state index is 11.8. The molecular weight excluding hydrogens is 258 g/mol. The molecule has 0 bridgehead atoms. The summed E-state index contributed by atoms with van der Waals surface area (Å²) in [5.74, 6) is 1.67. The molecule has 1 unspecified atom stereocenters. The summed E-state index contributed by atoms with van der Waals surface area (Å²) < 4.78 is 9.99. The topological polar surface area (TPSA) is 64.6 Å². The molecule has 0 aromatic heterocycles. The Labute approximate surface area is 120 Å². The number of hydrogen-bond donors (Lipinski definition) is 1. The molecule has 0 radical (unpaired) electrons. The Morgan fingerprint density at radius 3 is 2.35 bits per heavy atom. The van der Waals surface area contributed by atoms with Crippen molar-refractivity contribution in [2.75, 3.05) is 7.11 Å². The highest BCUT2D eigenvalue weighted by atomic mass is 16.6. The van der Waals surface area contributed by atoms with Crippen LogP contribution in [0.25, 0.3) is 0 Å². The Morgan fingerprint density at radius 2 is 1.85 bits per heavy atom. The van der Waals surface area contributed by atoms with Crippen LogP contribution in [0, 0.1) is 17.8 Å². The van der Waals surface area contributed by atoms with Crippen LogP contribution in [0.2, 0.25) is 0 Å². The van der Waals surface area contributed by atoms with Crippen LogP contribution in [0.4, 0.5) is 4.79 Å². The molecule has 2 saturated carbocycles. The summed E-state index contributed by atoms with van der Waals surface area (Å²) in [6, 6.07) is -0.592. The fourth-order valence-electron chi connectivity index (χ4n) is 3.40. The predicted octanol–water partition coefficient (Wildman–Crippen LogP) is 2.49. The molecule has 1 N–H and O–H groups in total. The first kappa shape index (κ1) is 15.1. The third kappa shape index (κ3) is 3.64. The molecule has 5 heteroatoms. The summed E-state index contributed by atoms with van der Waals surface area (Å²) in [6.45, 7) is 5.39. The van der Waals surface area contributed by atoms with Gasteiger partial charge in [-0.1, -0.05) is 6.42 Å². The van der Waals surface area contributed by atoms with E-state index in [0.717, 1.165) is 11.8 Å². The summed E-state index contributed by atoms with van der Waals surface area (Å²) in [6.07, 6.45) is 3.93. The average molecular weight is 283 g/mol. The first-order chi connectivity index (χ1) is 9.31. The highest BCUT2D eigenvalue weighted by Crippen LogP contribution is 2.59. The normalized spacial score (nSPS) is 29.3. The van der Waals surface area contributed by atoms with Crippen molar-refractivity contribution in [2.45, 2.75) is 58.1 Å². The lowest BCUT2D eigenvalue weighted by atomic mass is 10.0. The number of amides is 1. The van der Waals surface area contributed by atoms with Crippen LogP contribution in [-0.4, -0.2) is 30.8 Å². The molecule has 0 spiro atoms. The smallest absolute Gasteiger partial charge is 0.408 e. The van der Waals surface area contributed by atoms with E-state index in [1.54, 1.807) is 20.8 Å². The van der Waals surface area contributed by atoms with Crippen LogP contribution < -0.4 is 5.32 Å². The second kappa shape index (κ2) is 5.62. The highest BCUT2D eigenvalue weighted by molar-refractivity contribution is 5.81. The first-order valence-electron chi connectivity index (χ1n) is 7.39. The number of carbonyl (C=O) groups is 2. The van der Waals surface area contributed by atoms with Crippen LogP contribution >= 0.6 is 0 Å². The third-order valence-electron chi connectivity index (χ3n) is 4.27. The highest BCUT2D eigenvalue weighted by Gasteiger charge is 2.53. The molecule has 0 saturated heterocycles. The molecule has 4 atom stereocenters. The van der Waals surface area contributed by atoms with Gasteiger partial charge < -0.3 is 14.8 Å². The predicted molar refractivity (Wildman–Crippen MR) is 74.1 cm³/mol. The van der Waals surface area contributed by atoms with Gasteiger partial charge in [-0.05, 0) is 57.8 Å². The summed E-state index contributed by atoms with van der Waals surface area (Å²) in [5.41, 5.74) is -0.569. The standard InChI is InChI=1S/C15H25NO4/c1-15(2,3)20-14(18)16-12(13(17)19-4)8-11-9-6-5-7-10(9)11/h9-12H,5-8H2,1-4H3,(H,16,18)/t9-,10+,11-,12?. The SMILES string of the molecule is COC(=O)C(C[C@@H]1[C@@H]2CCC[C@@H]21)NC(=O)OC(C)(C)C. The number of esters is 1. The van der Waals surface area contributed by atoms with Crippen LogP contribution in [0.15, 0.2) is 0 Å². The third-order valence-corrected chi connectivity index (χ3v) is 4.27. The molecule has 0 aromatic carbocycles. The van der Waals surface area contributed by atoms with E-state index in [4.69, 9.17) is 9.47 Å². The van der Waals surface area contributed by atoms with Crippen molar-refractivity contribution in [3.05, 3.63) is 0 Å². The molecule has 20 heavy (non-hydrogen) atoms. The molecule has 2 aliphatic carbocycles. The lowest BCUT2D eigenvalue weighted by Gasteiger charge is -2.23. The Morgan fingerprint density at radius 1 is 1.25 bits per heavy atom. The van der Waals surface area contributed by atoms with Gasteiger partial charge in [0.1, 0.15) is 11.6 Å². The van der Waals surface area contributed by atoms with Gasteiger partial charge in [0.2, 0.25) is 0 Å². The number of hydrogen-bond acceptors (Lipinski definition) is 4. The quantitative estimate of drug-likeness (QED) is 0.805. The van der Waals surface area contributed by atoms with Crippen LogP contribution in [0.3, 0.4) is 0 Å². The van der Waals surface area contributed by atoms with Gasteiger partial charge in [0.15, 0.2) is 0 Å². The fraction of sp³-hybridized carbons (Fsp3) is 0.867. The van der Waals surface area contributed by atoms with E-state index in [1.165, 1.54) is 26.4 Å². The van der Waals surface area contributed by atoms with E-state index in [2.05, 4.69) is 5.32 Å². The van der Waals surface area contributed by atoms with E-state index in [9.17, 15) is 9.59 Å². The zero-order chi connectivity index (χ0) is 14.9. The van der Waals surface area contributed by atoms with E-state index in [0.29, 0.717) is 12.3 Å². The number of fused-ring (bicyclic) bond motifs is 1. The van der Waals surface area contributed by atoms with Gasteiger partial charge >= 0.3 is 12.1 Å². The molecule has 0 aromatic rings. The summed E-state index contributed by atoms with van der Waals surface area (Å²) in [5, 5.41) is 2.65. The van der Waals surface area contributed by atoms with Gasteiger partial charge in [-0.2, -0.15) is 0 Å². The Hall–Kier alpha value is -1.26. The maximum absolute atomic E-state index is 11.8. The summed E-state index contributed by atoms with van der Waals surface area (Å²) in [7, 11) is 1.35. The Bertz CT molecular complexity index is 378. The number of nitrogens with one attached hydrogen (secondary N) is 1. The number of carbonyl (C=O) groups excluding carboxylic acids is 2. The maximum Gasteiger partial charge on any atom is 0.408 e. The van der Waals surface area contributed by atoms with E-state index < -0.39 is 17.7 Å². The zero-order valence-electron chi connectivity index (χ0n) is 12.8. The number of methoxy groups -OCH3 is 1. The van der Waals surface area contributed by atoms with Crippen molar-refractivity contribution in [2.24, 2.45) is 17.8 Å². The molecule has 114 valence electrons. The molecule has 0 heterocycles. The van der Waals surface area contributed by atoms with Gasteiger partial charge in [-0.3, -0.25) is 0 Å². The first-order valence-corrected chi connectivity index (χ1v) is 7.39. The largest absolute Gasteiger partial charge is 0.467 e.